The maximum Gasteiger partial charge on any atom is 0.410 e. The van der Waals surface area contributed by atoms with E-state index >= 15 is 0 Å². The number of aryl methyl sites for hydroxylation is 1. The van der Waals surface area contributed by atoms with E-state index in [-0.39, 0.29) is 24.9 Å². The lowest BCUT2D eigenvalue weighted by Crippen LogP contribution is -2.61. The van der Waals surface area contributed by atoms with Gasteiger partial charge in [-0.3, -0.25) is 29.2 Å². The summed E-state index contributed by atoms with van der Waals surface area (Å²) in [5.41, 5.74) is 3.70. The second-order valence-corrected chi connectivity index (χ2v) is 14.6. The molecule has 4 N–H and O–H groups in total. The zero-order valence-electron chi connectivity index (χ0n) is 30.2. The first-order valence-corrected chi connectivity index (χ1v) is 17.5. The van der Waals surface area contributed by atoms with Crippen molar-refractivity contribution in [1.29, 1.82) is 0 Å². The minimum absolute atomic E-state index is 0.274. The monoisotopic (exact) mass is 692 g/mol. The Balaban J connectivity index is 1.54. The van der Waals surface area contributed by atoms with E-state index in [0.717, 1.165) is 28.6 Å². The molecule has 13 nitrogen and oxygen atoms in total. The Labute approximate surface area is 294 Å². The van der Waals surface area contributed by atoms with Crippen LogP contribution in [0.5, 0.6) is 0 Å². The molecular weight excluding hydrogens is 640 g/mol. The van der Waals surface area contributed by atoms with Crippen LogP contribution in [0.2, 0.25) is 0 Å². The van der Waals surface area contributed by atoms with Crippen LogP contribution in [-0.4, -0.2) is 93.1 Å². The van der Waals surface area contributed by atoms with Gasteiger partial charge in [-0.2, -0.15) is 0 Å². The number of rotatable bonds is 10. The van der Waals surface area contributed by atoms with Crippen molar-refractivity contribution in [2.24, 2.45) is 11.3 Å². The molecule has 2 aromatic rings. The van der Waals surface area contributed by atoms with Crippen LogP contribution in [0.4, 0.5) is 4.79 Å². The van der Waals surface area contributed by atoms with E-state index in [1.165, 1.54) is 11.9 Å². The fourth-order valence-corrected chi connectivity index (χ4v) is 6.16. The lowest BCUT2D eigenvalue weighted by Gasteiger charge is -2.40. The van der Waals surface area contributed by atoms with Crippen molar-refractivity contribution in [3.05, 3.63) is 47.7 Å². The van der Waals surface area contributed by atoms with Crippen molar-refractivity contribution in [1.82, 2.24) is 31.0 Å². The average Bonchev–Trinajstić information content (AvgIpc) is 3.07. The summed E-state index contributed by atoms with van der Waals surface area (Å²) in [6.07, 6.45) is 5.62. The molecule has 13 heteroatoms. The van der Waals surface area contributed by atoms with Gasteiger partial charge in [-0.25, -0.2) is 10.2 Å². The molecule has 1 aromatic carbocycles. The summed E-state index contributed by atoms with van der Waals surface area (Å²) in [7, 11) is 0. The van der Waals surface area contributed by atoms with Gasteiger partial charge < -0.3 is 25.4 Å². The zero-order chi connectivity index (χ0) is 36.8. The maximum absolute atomic E-state index is 14.3. The number of hydrogen-bond acceptors (Lipinski definition) is 8. The molecule has 4 rings (SSSR count). The highest BCUT2D eigenvalue weighted by atomic mass is 16.6. The highest BCUT2D eigenvalue weighted by Gasteiger charge is 2.43. The van der Waals surface area contributed by atoms with Gasteiger partial charge in [-0.1, -0.05) is 51.1 Å². The van der Waals surface area contributed by atoms with E-state index in [1.807, 2.05) is 42.5 Å². The number of nitrogens with zero attached hydrogens (tertiary/aromatic N) is 3. The van der Waals surface area contributed by atoms with Gasteiger partial charge in [0.05, 0.1) is 10.9 Å². The number of likely N-dealkylation sites (tertiary alicyclic amines) is 1. The number of aromatic nitrogens is 1. The largest absolute Gasteiger partial charge is 0.480 e. The van der Waals surface area contributed by atoms with Gasteiger partial charge in [0.15, 0.2) is 0 Å². The number of nitrogens with one attached hydrogen (secondary N) is 3. The number of benzene rings is 1. The summed E-state index contributed by atoms with van der Waals surface area (Å²) in [5.74, 6) is -2.74. The molecule has 3 atom stereocenters. The van der Waals surface area contributed by atoms with Crippen LogP contribution < -0.4 is 16.1 Å². The van der Waals surface area contributed by atoms with Crippen molar-refractivity contribution in [3.8, 4) is 0 Å². The minimum atomic E-state index is -1.05. The molecule has 0 spiro atoms. The van der Waals surface area contributed by atoms with Gasteiger partial charge in [0.25, 0.3) is 5.91 Å². The minimum Gasteiger partial charge on any atom is -0.480 e. The Morgan fingerprint density at radius 1 is 1.06 bits per heavy atom. The lowest BCUT2D eigenvalue weighted by molar-refractivity contribution is -0.148. The predicted molar refractivity (Wildman–Crippen MR) is 190 cm³/mol. The quantitative estimate of drug-likeness (QED) is 0.287. The van der Waals surface area contributed by atoms with Crippen LogP contribution in [0.1, 0.15) is 85.4 Å². The van der Waals surface area contributed by atoms with E-state index in [1.54, 1.807) is 39.5 Å². The molecule has 2 aliphatic heterocycles. The number of fused-ring (bicyclic) bond motifs is 1. The third kappa shape index (κ3) is 9.58. The molecule has 0 radical (unpaired) electrons. The van der Waals surface area contributed by atoms with E-state index in [9.17, 15) is 29.1 Å². The Bertz CT molecular complexity index is 1610. The summed E-state index contributed by atoms with van der Waals surface area (Å²) in [5, 5.41) is 17.3. The zero-order valence-corrected chi connectivity index (χ0v) is 30.2. The van der Waals surface area contributed by atoms with Gasteiger partial charge in [-0.05, 0) is 83.4 Å². The number of amides is 4. The highest BCUT2D eigenvalue weighted by Crippen LogP contribution is 2.35. The van der Waals surface area contributed by atoms with Gasteiger partial charge in [0.1, 0.15) is 23.7 Å². The number of carbonyl (C=O) groups excluding carboxylic acids is 4. The maximum atomic E-state index is 14.3. The molecule has 2 aliphatic rings. The summed E-state index contributed by atoms with van der Waals surface area (Å²) in [4.78, 5) is 71.7. The third-order valence-corrected chi connectivity index (χ3v) is 9.21. The van der Waals surface area contributed by atoms with E-state index < -0.39 is 53.0 Å². The van der Waals surface area contributed by atoms with Gasteiger partial charge >= 0.3 is 12.1 Å². The Morgan fingerprint density at radius 3 is 2.36 bits per heavy atom. The first kappa shape index (κ1) is 38.3. The Morgan fingerprint density at radius 2 is 1.74 bits per heavy atom. The molecular formula is C37H52N6O7. The molecule has 4 amide bonds. The second kappa shape index (κ2) is 16.0. The molecule has 0 bridgehead atoms. The number of hydrazine groups is 1. The van der Waals surface area contributed by atoms with E-state index in [0.29, 0.717) is 32.2 Å². The summed E-state index contributed by atoms with van der Waals surface area (Å²) in [6, 6.07) is 7.15. The fourth-order valence-electron chi connectivity index (χ4n) is 6.16. The number of ether oxygens (including phenoxy) is 1. The SMILES string of the molecule is CCc1ccc2ccc(/C=C/C3(C(=O)NC(C(=O)NC(C)C(=O)N4CCCC(C(=O)O)N4)C(C)C)CCN(C(=O)OC(C)(C)C)CC3)cc2n1. The Kier molecular flexibility index (Phi) is 12.3. The van der Waals surface area contributed by atoms with Crippen LogP contribution in [0.3, 0.4) is 0 Å². The molecule has 2 fully saturated rings. The molecule has 3 heterocycles. The van der Waals surface area contributed by atoms with Gasteiger partial charge in [0.2, 0.25) is 11.8 Å². The summed E-state index contributed by atoms with van der Waals surface area (Å²) >= 11 is 0. The van der Waals surface area contributed by atoms with Crippen LogP contribution in [0, 0.1) is 11.3 Å². The number of pyridine rings is 1. The average molecular weight is 693 g/mol. The smallest absolute Gasteiger partial charge is 0.410 e. The summed E-state index contributed by atoms with van der Waals surface area (Å²) in [6.45, 7) is 13.5. The van der Waals surface area contributed by atoms with Crippen molar-refractivity contribution in [2.75, 3.05) is 19.6 Å². The number of carbonyl (C=O) groups is 5. The Hall–Kier alpha value is -4.52. The first-order valence-electron chi connectivity index (χ1n) is 17.5. The van der Waals surface area contributed by atoms with Crippen molar-refractivity contribution >= 4 is 46.8 Å². The molecule has 0 saturated carbocycles. The number of hydrogen-bond donors (Lipinski definition) is 4. The standard InChI is InChI=1S/C37H52N6O7/c1-8-27-14-13-26-12-11-25(22-29(26)39-27)15-16-37(17-20-42(21-18-37)35(49)50-36(5,6)7)34(48)40-30(23(2)3)31(44)38-24(4)32(45)43-19-9-10-28(41-43)33(46)47/h11-16,22-24,28,30,41H,8-10,17-21H2,1-7H3,(H,38,44)(H,40,48)(H,46,47)/b16-15+. The lowest BCUT2D eigenvalue weighted by atomic mass is 9.76. The summed E-state index contributed by atoms with van der Waals surface area (Å²) < 4.78 is 5.58. The number of piperidine rings is 1. The number of carboxylic acids is 1. The normalized spacial score (nSPS) is 19.2. The predicted octanol–water partition coefficient (Wildman–Crippen LogP) is 4.05. The van der Waals surface area contributed by atoms with Crippen molar-refractivity contribution in [3.63, 3.8) is 0 Å². The van der Waals surface area contributed by atoms with Gasteiger partial charge in [-0.15, -0.1) is 0 Å². The topological polar surface area (TPSA) is 170 Å². The van der Waals surface area contributed by atoms with Crippen molar-refractivity contribution in [2.45, 2.75) is 104 Å². The van der Waals surface area contributed by atoms with Crippen LogP contribution >= 0.6 is 0 Å². The van der Waals surface area contributed by atoms with Crippen molar-refractivity contribution < 1.29 is 33.8 Å². The van der Waals surface area contributed by atoms with Crippen LogP contribution in [-0.2, 0) is 30.3 Å². The molecule has 1 aromatic heterocycles. The fraction of sp³-hybridized carbons (Fsp3) is 0.568. The number of carboxylic acid groups (broad SMARTS) is 1. The van der Waals surface area contributed by atoms with Crippen LogP contribution in [0.15, 0.2) is 36.4 Å². The van der Waals surface area contributed by atoms with E-state index in [2.05, 4.69) is 23.0 Å². The first-order chi connectivity index (χ1) is 23.5. The molecule has 2 saturated heterocycles. The third-order valence-electron chi connectivity index (χ3n) is 9.21. The van der Waals surface area contributed by atoms with Gasteiger partial charge in [0, 0.05) is 30.7 Å². The van der Waals surface area contributed by atoms with E-state index in [4.69, 9.17) is 9.72 Å². The highest BCUT2D eigenvalue weighted by molar-refractivity contribution is 5.94. The molecule has 50 heavy (non-hydrogen) atoms. The van der Waals surface area contributed by atoms with Crippen LogP contribution in [0.25, 0.3) is 17.0 Å². The molecule has 3 unspecified atom stereocenters. The number of aliphatic carboxylic acids is 1. The molecule has 272 valence electrons. The molecule has 0 aliphatic carbocycles. The second-order valence-electron chi connectivity index (χ2n) is 14.6.